The second kappa shape index (κ2) is 8.67. The number of nitrogens with zero attached hydrogens (tertiary/aromatic N) is 1. The number of methoxy groups -OCH3 is 1. The molecule has 1 N–H and O–H groups in total. The minimum absolute atomic E-state index is 0.0599. The number of aryl methyl sites for hydroxylation is 2. The number of rotatable bonds is 6. The van der Waals surface area contributed by atoms with Crippen LogP contribution in [0.15, 0.2) is 72.4 Å². The molecular weight excluding hydrogens is 407 g/mol. The van der Waals surface area contributed by atoms with Crippen molar-refractivity contribution in [2.75, 3.05) is 12.4 Å². The van der Waals surface area contributed by atoms with Crippen LogP contribution in [0.3, 0.4) is 0 Å². The van der Waals surface area contributed by atoms with Gasteiger partial charge in [0.25, 0.3) is 11.8 Å². The van der Waals surface area contributed by atoms with E-state index in [1.807, 2.05) is 50.2 Å². The van der Waals surface area contributed by atoms with Crippen LogP contribution >= 0.6 is 0 Å². The number of nitrogens with one attached hydrogen (secondary N) is 1. The molecule has 0 aliphatic carbocycles. The summed E-state index contributed by atoms with van der Waals surface area (Å²) in [5, 5.41) is 2.99. The van der Waals surface area contributed by atoms with Crippen LogP contribution in [0, 0.1) is 19.7 Å². The van der Waals surface area contributed by atoms with Crippen molar-refractivity contribution in [1.29, 1.82) is 0 Å². The maximum Gasteiger partial charge on any atom is 0.278 e. The lowest BCUT2D eigenvalue weighted by molar-refractivity contribution is -0.137. The molecule has 0 atom stereocenters. The molecule has 0 spiro atoms. The summed E-state index contributed by atoms with van der Waals surface area (Å²) in [4.78, 5) is 28.1. The van der Waals surface area contributed by atoms with E-state index in [4.69, 9.17) is 4.74 Å². The lowest BCUT2D eigenvalue weighted by atomic mass is 9.97. The predicted molar refractivity (Wildman–Crippen MR) is 121 cm³/mol. The summed E-state index contributed by atoms with van der Waals surface area (Å²) in [5.74, 6) is -0.731. The topological polar surface area (TPSA) is 58.6 Å². The number of imide groups is 1. The van der Waals surface area contributed by atoms with Gasteiger partial charge in [-0.1, -0.05) is 48.0 Å². The average Bonchev–Trinajstić information content (AvgIpc) is 2.99. The van der Waals surface area contributed by atoms with Crippen molar-refractivity contribution in [3.63, 3.8) is 0 Å². The van der Waals surface area contributed by atoms with Crippen molar-refractivity contribution < 1.29 is 18.7 Å². The van der Waals surface area contributed by atoms with Crippen LogP contribution in [0.1, 0.15) is 22.3 Å². The molecule has 0 bridgehead atoms. The molecule has 3 aromatic rings. The Morgan fingerprint density at radius 3 is 2.44 bits per heavy atom. The van der Waals surface area contributed by atoms with Crippen LogP contribution < -0.4 is 10.1 Å². The van der Waals surface area contributed by atoms with E-state index >= 15 is 0 Å². The van der Waals surface area contributed by atoms with E-state index in [1.54, 1.807) is 25.3 Å². The molecule has 0 aromatic heterocycles. The van der Waals surface area contributed by atoms with Gasteiger partial charge in [0.05, 0.1) is 19.2 Å². The van der Waals surface area contributed by atoms with Gasteiger partial charge in [-0.25, -0.2) is 4.39 Å². The third-order valence-electron chi connectivity index (χ3n) is 5.43. The molecule has 4 rings (SSSR count). The molecule has 1 aliphatic heterocycles. The van der Waals surface area contributed by atoms with Crippen molar-refractivity contribution in [3.05, 3.63) is 100 Å². The van der Waals surface area contributed by atoms with E-state index in [0.29, 0.717) is 22.6 Å². The molecule has 1 aliphatic rings. The van der Waals surface area contributed by atoms with E-state index < -0.39 is 17.6 Å². The fourth-order valence-corrected chi connectivity index (χ4v) is 3.89. The van der Waals surface area contributed by atoms with E-state index in [0.717, 1.165) is 11.1 Å². The monoisotopic (exact) mass is 430 g/mol. The zero-order valence-electron chi connectivity index (χ0n) is 18.1. The number of hydrogen-bond donors (Lipinski definition) is 1. The number of para-hydroxylation sites is 1. The Bertz CT molecular complexity index is 1250. The number of halogens is 1. The van der Waals surface area contributed by atoms with Crippen LogP contribution in [0.5, 0.6) is 5.75 Å². The number of benzene rings is 3. The Morgan fingerprint density at radius 1 is 0.938 bits per heavy atom. The van der Waals surface area contributed by atoms with Gasteiger partial charge in [0.2, 0.25) is 0 Å². The summed E-state index contributed by atoms with van der Waals surface area (Å²) in [6, 6.07) is 18.7. The summed E-state index contributed by atoms with van der Waals surface area (Å²) in [6.45, 7) is 3.92. The minimum Gasteiger partial charge on any atom is -0.496 e. The largest absolute Gasteiger partial charge is 0.496 e. The number of ether oxygens (including phenoxy) is 1. The van der Waals surface area contributed by atoms with Crippen molar-refractivity contribution in [2.24, 2.45) is 0 Å². The molecule has 0 saturated carbocycles. The smallest absolute Gasteiger partial charge is 0.278 e. The summed E-state index contributed by atoms with van der Waals surface area (Å²) in [6.07, 6.45) is 0. The summed E-state index contributed by atoms with van der Waals surface area (Å²) in [5.41, 5.74) is 4.09. The Balaban J connectivity index is 1.79. The van der Waals surface area contributed by atoms with Gasteiger partial charge in [-0.15, -0.1) is 0 Å². The van der Waals surface area contributed by atoms with E-state index in [9.17, 15) is 14.0 Å². The second-order valence-corrected chi connectivity index (χ2v) is 7.71. The fraction of sp³-hybridized carbons (Fsp3) is 0.154. The highest BCUT2D eigenvalue weighted by Crippen LogP contribution is 2.34. The highest BCUT2D eigenvalue weighted by Gasteiger charge is 2.40. The first-order valence-corrected chi connectivity index (χ1v) is 10.2. The number of amides is 2. The molecule has 32 heavy (non-hydrogen) atoms. The summed E-state index contributed by atoms with van der Waals surface area (Å²) in [7, 11) is 1.54. The number of hydrogen-bond acceptors (Lipinski definition) is 4. The Kier molecular flexibility index (Phi) is 5.77. The molecule has 6 heteroatoms. The second-order valence-electron chi connectivity index (χ2n) is 7.71. The zero-order chi connectivity index (χ0) is 22.8. The lowest BCUT2D eigenvalue weighted by Crippen LogP contribution is -2.32. The maximum atomic E-state index is 13.8. The standard InChI is InChI=1S/C26H23FN2O3/c1-16-11-12-21(17(2)13-16)23-24(28-20-9-6-8-19(27)14-20)26(31)29(25(23)30)15-18-7-4-5-10-22(18)32-3/h4-14,28H,15H2,1-3H3. The van der Waals surface area contributed by atoms with Crippen LogP contribution in [-0.2, 0) is 16.1 Å². The van der Waals surface area contributed by atoms with Gasteiger partial charge in [0.15, 0.2) is 0 Å². The number of carbonyl (C=O) groups is 2. The molecule has 3 aromatic carbocycles. The van der Waals surface area contributed by atoms with Gasteiger partial charge in [0, 0.05) is 11.3 Å². The fourth-order valence-electron chi connectivity index (χ4n) is 3.89. The van der Waals surface area contributed by atoms with Gasteiger partial charge >= 0.3 is 0 Å². The molecule has 0 unspecified atom stereocenters. The van der Waals surface area contributed by atoms with Gasteiger partial charge < -0.3 is 10.1 Å². The molecular formula is C26H23FN2O3. The molecule has 0 fully saturated rings. The average molecular weight is 430 g/mol. The first kappa shape index (κ1) is 21.3. The van der Waals surface area contributed by atoms with Gasteiger partial charge in [-0.05, 0) is 49.2 Å². The van der Waals surface area contributed by atoms with Crippen LogP contribution in [0.25, 0.3) is 5.57 Å². The molecule has 5 nitrogen and oxygen atoms in total. The lowest BCUT2D eigenvalue weighted by Gasteiger charge is -2.17. The third kappa shape index (κ3) is 3.99. The minimum atomic E-state index is -0.472. The first-order valence-electron chi connectivity index (χ1n) is 10.2. The summed E-state index contributed by atoms with van der Waals surface area (Å²) < 4.78 is 19.1. The Hall–Kier alpha value is -3.93. The molecule has 2 amide bonds. The van der Waals surface area contributed by atoms with Crippen molar-refractivity contribution >= 4 is 23.1 Å². The van der Waals surface area contributed by atoms with Crippen molar-refractivity contribution in [2.45, 2.75) is 20.4 Å². The maximum absolute atomic E-state index is 13.8. The number of anilines is 1. The van der Waals surface area contributed by atoms with Crippen LogP contribution in [0.4, 0.5) is 10.1 Å². The van der Waals surface area contributed by atoms with Crippen LogP contribution in [0.2, 0.25) is 0 Å². The molecule has 1 heterocycles. The van der Waals surface area contributed by atoms with E-state index in [1.165, 1.54) is 17.0 Å². The van der Waals surface area contributed by atoms with Crippen LogP contribution in [-0.4, -0.2) is 23.8 Å². The van der Waals surface area contributed by atoms with E-state index in [2.05, 4.69) is 5.32 Å². The van der Waals surface area contributed by atoms with Gasteiger partial charge in [0.1, 0.15) is 17.3 Å². The quantitative estimate of drug-likeness (QED) is 0.569. The zero-order valence-corrected chi connectivity index (χ0v) is 18.1. The van der Waals surface area contributed by atoms with E-state index in [-0.39, 0.29) is 17.8 Å². The summed E-state index contributed by atoms with van der Waals surface area (Å²) >= 11 is 0. The highest BCUT2D eigenvalue weighted by molar-refractivity contribution is 6.36. The van der Waals surface area contributed by atoms with Gasteiger partial charge in [-0.2, -0.15) is 0 Å². The predicted octanol–water partition coefficient (Wildman–Crippen LogP) is 4.84. The third-order valence-corrected chi connectivity index (χ3v) is 5.43. The van der Waals surface area contributed by atoms with Crippen molar-refractivity contribution in [3.8, 4) is 5.75 Å². The molecule has 0 radical (unpaired) electrons. The normalized spacial score (nSPS) is 13.7. The highest BCUT2D eigenvalue weighted by atomic mass is 19.1. The van der Waals surface area contributed by atoms with Crippen molar-refractivity contribution in [1.82, 2.24) is 4.90 Å². The van der Waals surface area contributed by atoms with Gasteiger partial charge in [-0.3, -0.25) is 14.5 Å². The molecule has 0 saturated heterocycles. The Morgan fingerprint density at radius 2 is 1.72 bits per heavy atom. The first-order chi connectivity index (χ1) is 15.4. The SMILES string of the molecule is COc1ccccc1CN1C(=O)C(Nc2cccc(F)c2)=C(c2ccc(C)cc2C)C1=O. The number of carbonyl (C=O) groups excluding carboxylic acids is 2. The Labute approximate surface area is 186 Å². The molecule has 162 valence electrons.